The van der Waals surface area contributed by atoms with E-state index in [1.54, 1.807) is 6.21 Å². The number of hydrogen-bond acceptors (Lipinski definition) is 3. The van der Waals surface area contributed by atoms with Crippen molar-refractivity contribution in [1.29, 1.82) is 0 Å². The van der Waals surface area contributed by atoms with Gasteiger partial charge in [-0.25, -0.2) is 4.98 Å². The minimum absolute atomic E-state index is 0.157. The first kappa shape index (κ1) is 6.27. The maximum absolute atomic E-state index is 11.0. The molecule has 0 saturated carbocycles. The zero-order valence-electron chi connectivity index (χ0n) is 6.03. The number of rotatable bonds is 0. The lowest BCUT2D eigenvalue weighted by Crippen LogP contribution is -2.07. The molecule has 1 aromatic rings. The van der Waals surface area contributed by atoms with Gasteiger partial charge in [-0.3, -0.25) is 9.79 Å². The summed E-state index contributed by atoms with van der Waals surface area (Å²) in [6, 6.07) is 0. The number of aromatic amines is 1. The second-order valence-electron chi connectivity index (χ2n) is 2.53. The molecule has 1 aromatic heterocycles. The molecule has 2 rings (SSSR count). The number of nitrogens with zero attached hydrogens (tertiary/aromatic N) is 2. The van der Waals surface area contributed by atoms with Crippen molar-refractivity contribution in [3.63, 3.8) is 0 Å². The monoisotopic (exact) mass is 149 g/mol. The number of H-pyrrole nitrogens is 1. The van der Waals surface area contributed by atoms with E-state index in [2.05, 4.69) is 15.0 Å². The molecular weight excluding hydrogens is 142 g/mol. The van der Waals surface area contributed by atoms with Crippen LogP contribution in [0.4, 0.5) is 5.69 Å². The standard InChI is InChI=1S/C7H7N3O/c1-4-2-8-6-5(4)9-3-10-7(6)11/h2-4H,1H3,(H,9,10,11). The molecule has 0 amide bonds. The molecular formula is C7H7N3O. The summed E-state index contributed by atoms with van der Waals surface area (Å²) < 4.78 is 0. The third-order valence-corrected chi connectivity index (χ3v) is 1.72. The lowest BCUT2D eigenvalue weighted by molar-refractivity contribution is 0.959. The average molecular weight is 149 g/mol. The average Bonchev–Trinajstić information content (AvgIpc) is 2.35. The van der Waals surface area contributed by atoms with Gasteiger partial charge in [0.25, 0.3) is 5.56 Å². The van der Waals surface area contributed by atoms with Crippen LogP contribution in [-0.4, -0.2) is 16.2 Å². The molecule has 4 nitrogen and oxygen atoms in total. The van der Waals surface area contributed by atoms with Gasteiger partial charge in [-0.2, -0.15) is 0 Å². The summed E-state index contributed by atoms with van der Waals surface area (Å²) >= 11 is 0. The van der Waals surface area contributed by atoms with Crippen LogP contribution in [0.1, 0.15) is 18.5 Å². The van der Waals surface area contributed by atoms with E-state index in [4.69, 9.17) is 0 Å². The third-order valence-electron chi connectivity index (χ3n) is 1.72. The van der Waals surface area contributed by atoms with Gasteiger partial charge in [-0.15, -0.1) is 0 Å². The fourth-order valence-electron chi connectivity index (χ4n) is 1.12. The maximum Gasteiger partial charge on any atom is 0.276 e. The zero-order valence-corrected chi connectivity index (χ0v) is 6.03. The van der Waals surface area contributed by atoms with E-state index in [-0.39, 0.29) is 11.5 Å². The molecule has 0 aliphatic carbocycles. The Morgan fingerprint density at radius 2 is 2.45 bits per heavy atom. The smallest absolute Gasteiger partial charge is 0.276 e. The van der Waals surface area contributed by atoms with E-state index in [9.17, 15) is 4.79 Å². The highest BCUT2D eigenvalue weighted by Gasteiger charge is 2.17. The van der Waals surface area contributed by atoms with Crippen LogP contribution in [0, 0.1) is 0 Å². The van der Waals surface area contributed by atoms with Crippen LogP contribution in [0.3, 0.4) is 0 Å². The molecule has 0 saturated heterocycles. The van der Waals surface area contributed by atoms with E-state index < -0.39 is 0 Å². The Balaban J connectivity index is 2.74. The molecule has 0 aromatic carbocycles. The third kappa shape index (κ3) is 0.790. The van der Waals surface area contributed by atoms with Crippen molar-refractivity contribution in [2.75, 3.05) is 0 Å². The van der Waals surface area contributed by atoms with Crippen molar-refractivity contribution < 1.29 is 0 Å². The fraction of sp³-hybridized carbons (Fsp3) is 0.286. The quantitative estimate of drug-likeness (QED) is 0.586. The molecule has 11 heavy (non-hydrogen) atoms. The van der Waals surface area contributed by atoms with Crippen molar-refractivity contribution >= 4 is 11.9 Å². The van der Waals surface area contributed by atoms with Crippen molar-refractivity contribution in [3.05, 3.63) is 22.4 Å². The van der Waals surface area contributed by atoms with Crippen LogP contribution in [0.15, 0.2) is 16.1 Å². The molecule has 1 N–H and O–H groups in total. The summed E-state index contributed by atoms with van der Waals surface area (Å²) in [5.74, 6) is 0.173. The molecule has 1 aliphatic heterocycles. The van der Waals surface area contributed by atoms with Gasteiger partial charge in [0.05, 0.1) is 12.0 Å². The highest BCUT2D eigenvalue weighted by atomic mass is 16.1. The summed E-state index contributed by atoms with van der Waals surface area (Å²) in [6.45, 7) is 1.96. The lowest BCUT2D eigenvalue weighted by atomic mass is 10.1. The maximum atomic E-state index is 11.0. The van der Waals surface area contributed by atoms with Crippen molar-refractivity contribution in [2.45, 2.75) is 12.8 Å². The molecule has 1 aliphatic rings. The van der Waals surface area contributed by atoms with Gasteiger partial charge < -0.3 is 4.98 Å². The first-order valence-corrected chi connectivity index (χ1v) is 3.41. The van der Waals surface area contributed by atoms with E-state index in [0.29, 0.717) is 5.69 Å². The first-order chi connectivity index (χ1) is 5.29. The van der Waals surface area contributed by atoms with E-state index in [0.717, 1.165) is 5.69 Å². The van der Waals surface area contributed by atoms with Crippen LogP contribution < -0.4 is 5.56 Å². The van der Waals surface area contributed by atoms with E-state index >= 15 is 0 Å². The molecule has 2 heterocycles. The predicted octanol–water partition coefficient (Wildman–Crippen LogP) is 0.589. The Labute approximate surface area is 63.0 Å². The van der Waals surface area contributed by atoms with Crippen molar-refractivity contribution in [2.24, 2.45) is 4.99 Å². The minimum Gasteiger partial charge on any atom is -0.311 e. The van der Waals surface area contributed by atoms with Crippen LogP contribution in [0.5, 0.6) is 0 Å². The van der Waals surface area contributed by atoms with Gasteiger partial charge >= 0.3 is 0 Å². The largest absolute Gasteiger partial charge is 0.311 e. The van der Waals surface area contributed by atoms with Gasteiger partial charge in [0.15, 0.2) is 0 Å². The second-order valence-corrected chi connectivity index (χ2v) is 2.53. The number of nitrogens with one attached hydrogen (secondary N) is 1. The topological polar surface area (TPSA) is 58.1 Å². The number of aliphatic imine (C=N–C) groups is 1. The fourth-order valence-corrected chi connectivity index (χ4v) is 1.12. The summed E-state index contributed by atoms with van der Waals surface area (Å²) in [5, 5.41) is 0. The number of aromatic nitrogens is 2. The Bertz CT molecular complexity index is 366. The van der Waals surface area contributed by atoms with E-state index in [1.165, 1.54) is 6.33 Å². The van der Waals surface area contributed by atoms with E-state index in [1.807, 2.05) is 6.92 Å². The summed E-state index contributed by atoms with van der Waals surface area (Å²) in [7, 11) is 0. The Morgan fingerprint density at radius 1 is 1.64 bits per heavy atom. The van der Waals surface area contributed by atoms with Crippen molar-refractivity contribution in [1.82, 2.24) is 9.97 Å². The SMILES string of the molecule is CC1C=Nc2c1nc[nH]c2=O. The molecule has 1 unspecified atom stereocenters. The number of fused-ring (bicyclic) bond motifs is 1. The van der Waals surface area contributed by atoms with Gasteiger partial charge in [-0.05, 0) is 0 Å². The molecule has 56 valence electrons. The summed E-state index contributed by atoms with van der Waals surface area (Å²) in [5.41, 5.74) is 1.07. The zero-order chi connectivity index (χ0) is 7.84. The minimum atomic E-state index is -0.157. The highest BCUT2D eigenvalue weighted by Crippen LogP contribution is 2.24. The highest BCUT2D eigenvalue weighted by molar-refractivity contribution is 5.78. The lowest BCUT2D eigenvalue weighted by Gasteiger charge is -1.97. The first-order valence-electron chi connectivity index (χ1n) is 3.41. The van der Waals surface area contributed by atoms with Gasteiger partial charge in [0.1, 0.15) is 5.69 Å². The predicted molar refractivity (Wildman–Crippen MR) is 41.4 cm³/mol. The molecule has 0 fully saturated rings. The van der Waals surface area contributed by atoms with Crippen LogP contribution in [0.2, 0.25) is 0 Å². The Kier molecular flexibility index (Phi) is 1.15. The second kappa shape index (κ2) is 2.02. The van der Waals surface area contributed by atoms with Crippen molar-refractivity contribution in [3.8, 4) is 0 Å². The molecule has 0 bridgehead atoms. The summed E-state index contributed by atoms with van der Waals surface area (Å²) in [4.78, 5) is 21.5. The molecule has 0 radical (unpaired) electrons. The molecule has 0 spiro atoms. The number of hydrogen-bond donors (Lipinski definition) is 1. The van der Waals surface area contributed by atoms with Crippen LogP contribution in [0.25, 0.3) is 0 Å². The van der Waals surface area contributed by atoms with Gasteiger partial charge in [0.2, 0.25) is 0 Å². The normalized spacial score (nSPS) is 20.3. The van der Waals surface area contributed by atoms with Gasteiger partial charge in [-0.1, -0.05) is 6.92 Å². The Hall–Kier alpha value is -1.45. The van der Waals surface area contributed by atoms with Gasteiger partial charge in [0, 0.05) is 12.1 Å². The Morgan fingerprint density at radius 3 is 3.18 bits per heavy atom. The van der Waals surface area contributed by atoms with Crippen LogP contribution in [-0.2, 0) is 0 Å². The molecule has 4 heteroatoms. The molecule has 1 atom stereocenters. The van der Waals surface area contributed by atoms with Crippen LogP contribution >= 0.6 is 0 Å². The summed E-state index contributed by atoms with van der Waals surface area (Å²) in [6.07, 6.45) is 3.14.